The molecule has 0 heterocycles. The second kappa shape index (κ2) is 50.1. The molecule has 0 aliphatic heterocycles. The number of rotatable bonds is 53. The van der Waals surface area contributed by atoms with E-state index in [1.807, 2.05) is 26.0 Å². The van der Waals surface area contributed by atoms with Crippen LogP contribution in [0.25, 0.3) is 21.5 Å². The van der Waals surface area contributed by atoms with Crippen LogP contribution in [0.4, 0.5) is 0 Å². The van der Waals surface area contributed by atoms with Gasteiger partial charge < -0.3 is 108 Å². The normalized spacial score (nSPS) is 14.6. The molecule has 0 saturated heterocycles. The van der Waals surface area contributed by atoms with Gasteiger partial charge in [-0.2, -0.15) is 0 Å². The average Bonchev–Trinajstić information content (AvgIpc) is 0.818. The molecule has 26 N–H and O–H groups in total. The van der Waals surface area contributed by atoms with E-state index < -0.39 is 200 Å². The summed E-state index contributed by atoms with van der Waals surface area (Å²) in [7, 11) is 0. The molecule has 0 aliphatic carbocycles. The predicted octanol–water partition coefficient (Wildman–Crippen LogP) is -1.49. The van der Waals surface area contributed by atoms with Crippen LogP contribution in [0.15, 0.2) is 115 Å². The number of carboxylic acid groups (broad SMARTS) is 1. The zero-order valence-electron chi connectivity index (χ0n) is 67.1. The van der Waals surface area contributed by atoms with E-state index in [-0.39, 0.29) is 76.8 Å². The molecule has 13 atom stereocenters. The van der Waals surface area contributed by atoms with Crippen molar-refractivity contribution >= 4 is 110 Å². The highest BCUT2D eigenvalue weighted by molar-refractivity contribution is 6.01. The minimum atomic E-state index is -1.83. The lowest BCUT2D eigenvalue weighted by Crippen LogP contribution is -2.61. The molecule has 5 rings (SSSR count). The lowest BCUT2D eigenvalue weighted by Gasteiger charge is -2.28. The Bertz CT molecular complexity index is 4180. The third kappa shape index (κ3) is 32.6. The number of unbranched alkanes of at least 4 members (excludes halogenated alkanes) is 3. The van der Waals surface area contributed by atoms with Crippen LogP contribution in [0.2, 0.25) is 0 Å². The maximum atomic E-state index is 15.1. The maximum absolute atomic E-state index is 15.1. The standard InChI is InChI=1S/C82H118N18O17/c1-6-48(4)70(82(116)117)100-81(115)66(46-101)91-69(104)45-89-73(107)58(33-15-18-38-84)93-78(112)63(42-53-28-20-26-51-24-10-12-30-55(51)53)97-75(109)59(34-16-19-39-85)92-71(105)49(5)90-74(108)60(35-36-67(87)102)94-79(113)64(43-54-29-21-27-52-25-11-13-31-56(52)54)98-80(114)65(44-68(88)103)99-77(111)62(41-50-22-8-7-9-23-50)96-76(110)61(40-47(2)3)95-72(106)57(86)32-14-17-37-83/h7-13,20-31,47-49,57-66,70,101H,6,14-19,32-46,83-86H2,1-5H3,(H2,87,102)(H2,88,103)(H,89,107)(H,90,108)(H,91,104)(H,92,105)(H,93,112)(H,94,113)(H,95,106)(H,96,110)(H,97,109)(H,98,114)(H,99,111)(H,100,115)(H,116,117)/t48?,49-,57+,58-,59-,60-,61+,62-,63-,64-,65-,66+,70+/m0/s1. The maximum Gasteiger partial charge on any atom is 0.326 e. The summed E-state index contributed by atoms with van der Waals surface area (Å²) < 4.78 is 0. The smallest absolute Gasteiger partial charge is 0.326 e. The number of primary amides is 2. The average molecular weight is 1630 g/mol. The van der Waals surface area contributed by atoms with Gasteiger partial charge in [0.1, 0.15) is 66.5 Å². The first-order valence-electron chi connectivity index (χ1n) is 39.7. The van der Waals surface area contributed by atoms with Crippen molar-refractivity contribution in [1.29, 1.82) is 0 Å². The van der Waals surface area contributed by atoms with E-state index >= 15 is 4.79 Å². The fourth-order valence-corrected chi connectivity index (χ4v) is 12.9. The Balaban J connectivity index is 1.43. The van der Waals surface area contributed by atoms with Crippen LogP contribution in [0.1, 0.15) is 141 Å². The Morgan fingerprint density at radius 2 is 0.803 bits per heavy atom. The minimum Gasteiger partial charge on any atom is -0.480 e. The topological polar surface area (TPSA) is 597 Å². The highest BCUT2D eigenvalue weighted by Gasteiger charge is 2.38. The summed E-state index contributed by atoms with van der Waals surface area (Å²) in [4.78, 5) is 209. The van der Waals surface area contributed by atoms with Crippen LogP contribution in [0, 0.1) is 11.8 Å². The zero-order valence-corrected chi connectivity index (χ0v) is 67.1. The molecule has 0 saturated carbocycles. The molecule has 5 aromatic rings. The summed E-state index contributed by atoms with van der Waals surface area (Å²) in [5.74, 6) is -15.1. The fourth-order valence-electron chi connectivity index (χ4n) is 12.9. The molecule has 5 aromatic carbocycles. The van der Waals surface area contributed by atoms with Crippen LogP contribution in [0.3, 0.4) is 0 Å². The second-order valence-corrected chi connectivity index (χ2v) is 29.6. The summed E-state index contributed by atoms with van der Waals surface area (Å²) in [6.07, 6.45) is 0.615. The summed E-state index contributed by atoms with van der Waals surface area (Å²) in [5, 5.41) is 53.4. The van der Waals surface area contributed by atoms with Gasteiger partial charge >= 0.3 is 5.97 Å². The van der Waals surface area contributed by atoms with Gasteiger partial charge in [0.2, 0.25) is 82.7 Å². The van der Waals surface area contributed by atoms with Gasteiger partial charge in [0.15, 0.2) is 0 Å². The lowest BCUT2D eigenvalue weighted by atomic mass is 9.97. The summed E-state index contributed by atoms with van der Waals surface area (Å²) in [6.45, 7) is 7.27. The number of aliphatic carboxylic acids is 1. The third-order valence-electron chi connectivity index (χ3n) is 19.7. The number of nitrogens with two attached hydrogens (primary N) is 6. The van der Waals surface area contributed by atoms with Crippen LogP contribution in [-0.2, 0) is 91.2 Å². The van der Waals surface area contributed by atoms with E-state index in [2.05, 4.69) is 63.8 Å². The van der Waals surface area contributed by atoms with E-state index in [0.717, 1.165) is 10.8 Å². The number of hydrogen-bond acceptors (Lipinski definition) is 20. The van der Waals surface area contributed by atoms with Crippen molar-refractivity contribution in [3.05, 3.63) is 132 Å². The molecule has 0 aliphatic rings. The monoisotopic (exact) mass is 1630 g/mol. The summed E-state index contributed by atoms with van der Waals surface area (Å²) in [6, 6.07) is 15.6. The van der Waals surface area contributed by atoms with Gasteiger partial charge in [-0.15, -0.1) is 0 Å². The van der Waals surface area contributed by atoms with Crippen LogP contribution in [0.5, 0.6) is 0 Å². The molecule has 0 radical (unpaired) electrons. The van der Waals surface area contributed by atoms with Crippen molar-refractivity contribution in [2.45, 2.75) is 216 Å². The molecule has 14 amide bonds. The van der Waals surface area contributed by atoms with E-state index in [1.54, 1.807) is 117 Å². The second-order valence-electron chi connectivity index (χ2n) is 29.6. The molecule has 1 unspecified atom stereocenters. The van der Waals surface area contributed by atoms with Gasteiger partial charge in [-0.05, 0) is 141 Å². The number of fused-ring (bicyclic) bond motifs is 2. The SMILES string of the molecule is CCC(C)[C@@H](NC(=O)[C@@H](CO)NC(=O)CNC(=O)[C@H](CCCCN)NC(=O)[C@H](Cc1cccc2ccccc12)NC(=O)[C@H](CCCCN)NC(=O)[C@H](C)NC(=O)[C@H](CCC(N)=O)NC(=O)[C@H](Cc1cccc2ccccc12)NC(=O)[C@H](CC(N)=O)NC(=O)[C@H](Cc1ccccc1)NC(=O)[C@@H](CC(C)C)NC(=O)[C@H](N)CCCCN)C(=O)O. The molecule has 0 aromatic heterocycles. The van der Waals surface area contributed by atoms with E-state index in [4.69, 9.17) is 34.4 Å². The quantitative estimate of drug-likeness (QED) is 0.0197. The molecular weight excluding hydrogens is 1510 g/mol. The zero-order chi connectivity index (χ0) is 86.3. The number of amides is 14. The van der Waals surface area contributed by atoms with Gasteiger partial charge in [0, 0.05) is 25.7 Å². The molecule has 0 bridgehead atoms. The van der Waals surface area contributed by atoms with Gasteiger partial charge in [-0.25, -0.2) is 4.79 Å². The van der Waals surface area contributed by atoms with Crippen LogP contribution >= 0.6 is 0 Å². The Morgan fingerprint density at radius 1 is 0.393 bits per heavy atom. The Labute approximate surface area is 680 Å². The lowest BCUT2D eigenvalue weighted by molar-refractivity contribution is -0.144. The summed E-state index contributed by atoms with van der Waals surface area (Å²) >= 11 is 0. The van der Waals surface area contributed by atoms with Gasteiger partial charge in [0.25, 0.3) is 0 Å². The number of aliphatic hydroxyl groups is 1. The van der Waals surface area contributed by atoms with E-state index in [1.165, 1.54) is 6.92 Å². The first kappa shape index (κ1) is 96.1. The van der Waals surface area contributed by atoms with Crippen molar-refractivity contribution in [1.82, 2.24) is 63.8 Å². The molecule has 638 valence electrons. The van der Waals surface area contributed by atoms with Gasteiger partial charge in [0.05, 0.1) is 25.6 Å². The molecule has 35 nitrogen and oxygen atoms in total. The minimum absolute atomic E-state index is 0.0315. The molecule has 0 spiro atoms. The molecule has 0 fully saturated rings. The molecular formula is C82H118N18O17. The highest BCUT2D eigenvalue weighted by atomic mass is 16.4. The Kier molecular flexibility index (Phi) is 41.1. The van der Waals surface area contributed by atoms with Crippen molar-refractivity contribution in [3.63, 3.8) is 0 Å². The Hall–Kier alpha value is -11.5. The number of carboxylic acids is 1. The first-order chi connectivity index (χ1) is 55.8. The molecule has 35 heteroatoms. The number of carbonyl (C=O) groups excluding carboxylic acids is 14. The van der Waals surface area contributed by atoms with Crippen molar-refractivity contribution in [2.75, 3.05) is 32.8 Å². The number of aliphatic hydroxyl groups excluding tert-OH is 1. The predicted molar refractivity (Wildman–Crippen MR) is 438 cm³/mol. The first-order valence-corrected chi connectivity index (χ1v) is 39.7. The Morgan fingerprint density at radius 3 is 1.29 bits per heavy atom. The van der Waals surface area contributed by atoms with Gasteiger partial charge in [-0.3, -0.25) is 67.1 Å². The van der Waals surface area contributed by atoms with E-state index in [9.17, 15) is 77.3 Å². The number of hydrogen-bond donors (Lipinski definition) is 20. The van der Waals surface area contributed by atoms with Gasteiger partial charge in [-0.1, -0.05) is 156 Å². The van der Waals surface area contributed by atoms with Crippen LogP contribution < -0.4 is 98.2 Å². The van der Waals surface area contributed by atoms with Crippen LogP contribution in [-0.4, -0.2) is 204 Å². The number of benzene rings is 5. The highest BCUT2D eigenvalue weighted by Crippen LogP contribution is 2.23. The van der Waals surface area contributed by atoms with E-state index in [0.29, 0.717) is 66.1 Å². The number of carbonyl (C=O) groups is 15. The largest absolute Gasteiger partial charge is 0.480 e. The third-order valence-corrected chi connectivity index (χ3v) is 19.7. The summed E-state index contributed by atoms with van der Waals surface area (Å²) in [5.41, 5.74) is 36.5. The molecule has 117 heavy (non-hydrogen) atoms. The van der Waals surface area contributed by atoms with Crippen molar-refractivity contribution < 1.29 is 82.1 Å². The fraction of sp³-hybridized carbons (Fsp3) is 0.500. The number of nitrogens with one attached hydrogen (secondary N) is 12. The van der Waals surface area contributed by atoms with Crippen molar-refractivity contribution in [3.8, 4) is 0 Å². The van der Waals surface area contributed by atoms with Crippen molar-refractivity contribution in [2.24, 2.45) is 46.2 Å².